The highest BCUT2D eigenvalue weighted by Crippen LogP contribution is 2.21. The largest absolute Gasteiger partial charge is 0.478 e. The normalized spacial score (nSPS) is 10.2. The van der Waals surface area contributed by atoms with E-state index in [-0.39, 0.29) is 5.56 Å². The molecule has 2 aromatic rings. The van der Waals surface area contributed by atoms with Crippen molar-refractivity contribution in [2.24, 2.45) is 0 Å². The second-order valence-corrected chi connectivity index (χ2v) is 3.67. The Kier molecular flexibility index (Phi) is 2.51. The summed E-state index contributed by atoms with van der Waals surface area (Å²) in [6.45, 7) is 0. The summed E-state index contributed by atoms with van der Waals surface area (Å²) in [4.78, 5) is 10.7. The van der Waals surface area contributed by atoms with Crippen molar-refractivity contribution in [1.82, 2.24) is 15.0 Å². The van der Waals surface area contributed by atoms with Gasteiger partial charge in [-0.05, 0) is 34.1 Å². The van der Waals surface area contributed by atoms with Crippen LogP contribution in [0.1, 0.15) is 10.4 Å². The molecule has 0 amide bonds. The lowest BCUT2D eigenvalue weighted by Gasteiger charge is -2.04. The van der Waals surface area contributed by atoms with Crippen LogP contribution in [0.2, 0.25) is 0 Å². The smallest absolute Gasteiger partial charge is 0.335 e. The first kappa shape index (κ1) is 9.85. The van der Waals surface area contributed by atoms with Gasteiger partial charge in [0.05, 0.1) is 23.6 Å². The topological polar surface area (TPSA) is 68.0 Å². The van der Waals surface area contributed by atoms with Crippen LogP contribution < -0.4 is 0 Å². The van der Waals surface area contributed by atoms with Crippen molar-refractivity contribution in [3.05, 3.63) is 40.6 Å². The van der Waals surface area contributed by atoms with Gasteiger partial charge in [0.25, 0.3) is 0 Å². The molecule has 0 aliphatic rings. The second-order valence-electron chi connectivity index (χ2n) is 2.82. The summed E-state index contributed by atoms with van der Waals surface area (Å²) >= 11 is 3.28. The Balaban J connectivity index is 2.48. The van der Waals surface area contributed by atoms with Crippen molar-refractivity contribution in [2.45, 2.75) is 0 Å². The zero-order valence-corrected chi connectivity index (χ0v) is 9.05. The lowest BCUT2D eigenvalue weighted by Crippen LogP contribution is -2.00. The molecule has 0 saturated heterocycles. The Bertz CT molecular complexity index is 496. The van der Waals surface area contributed by atoms with Crippen LogP contribution >= 0.6 is 15.9 Å². The van der Waals surface area contributed by atoms with Gasteiger partial charge in [-0.2, -0.15) is 0 Å². The van der Waals surface area contributed by atoms with E-state index in [4.69, 9.17) is 5.11 Å². The molecule has 1 aromatic heterocycles. The third-order valence-electron chi connectivity index (χ3n) is 1.86. The molecule has 0 fully saturated rings. The fourth-order valence-corrected chi connectivity index (χ4v) is 1.72. The summed E-state index contributed by atoms with van der Waals surface area (Å²) in [6.07, 6.45) is 3.23. The number of carbonyl (C=O) groups is 1. The summed E-state index contributed by atoms with van der Waals surface area (Å²) in [6, 6.07) is 4.71. The van der Waals surface area contributed by atoms with E-state index in [0.29, 0.717) is 4.47 Å². The van der Waals surface area contributed by atoms with Crippen molar-refractivity contribution in [3.63, 3.8) is 0 Å². The van der Waals surface area contributed by atoms with Gasteiger partial charge in [0.2, 0.25) is 0 Å². The Morgan fingerprint density at radius 3 is 2.80 bits per heavy atom. The fraction of sp³-hybridized carbons (Fsp3) is 0. The molecule has 76 valence electrons. The van der Waals surface area contributed by atoms with E-state index in [9.17, 15) is 4.79 Å². The Labute approximate surface area is 93.5 Å². The van der Waals surface area contributed by atoms with Crippen molar-refractivity contribution in [2.75, 3.05) is 0 Å². The van der Waals surface area contributed by atoms with Crippen LogP contribution in [-0.4, -0.2) is 26.1 Å². The third kappa shape index (κ3) is 1.89. The average Bonchev–Trinajstić information content (AvgIpc) is 2.70. The van der Waals surface area contributed by atoms with E-state index < -0.39 is 5.97 Å². The average molecular weight is 268 g/mol. The SMILES string of the molecule is O=C(O)c1ccc(-n2ccnn2)c(Br)c1. The lowest BCUT2D eigenvalue weighted by atomic mass is 10.2. The zero-order valence-electron chi connectivity index (χ0n) is 7.46. The number of carboxylic acid groups (broad SMARTS) is 1. The number of aromatic nitrogens is 3. The number of aromatic carboxylic acids is 1. The molecule has 0 unspecified atom stereocenters. The highest BCUT2D eigenvalue weighted by molar-refractivity contribution is 9.10. The first-order valence-electron chi connectivity index (χ1n) is 4.08. The summed E-state index contributed by atoms with van der Waals surface area (Å²) in [5.74, 6) is -0.958. The maximum absolute atomic E-state index is 10.7. The summed E-state index contributed by atoms with van der Waals surface area (Å²) < 4.78 is 2.21. The van der Waals surface area contributed by atoms with Crippen LogP contribution in [0.5, 0.6) is 0 Å². The van der Waals surface area contributed by atoms with Crippen LogP contribution in [0.25, 0.3) is 5.69 Å². The molecule has 1 heterocycles. The van der Waals surface area contributed by atoms with Gasteiger partial charge in [0, 0.05) is 4.47 Å². The molecular formula is C9H6BrN3O2. The number of carboxylic acids is 1. The van der Waals surface area contributed by atoms with Crippen LogP contribution in [-0.2, 0) is 0 Å². The first-order chi connectivity index (χ1) is 7.18. The van der Waals surface area contributed by atoms with E-state index >= 15 is 0 Å². The molecule has 0 aliphatic heterocycles. The van der Waals surface area contributed by atoms with E-state index in [1.165, 1.54) is 12.1 Å². The number of hydrogen-bond acceptors (Lipinski definition) is 3. The van der Waals surface area contributed by atoms with Crippen LogP contribution in [0.4, 0.5) is 0 Å². The van der Waals surface area contributed by atoms with Crippen molar-refractivity contribution in [3.8, 4) is 5.69 Å². The summed E-state index contributed by atoms with van der Waals surface area (Å²) in [5.41, 5.74) is 0.975. The molecule has 0 saturated carbocycles. The molecule has 6 heteroatoms. The molecular weight excluding hydrogens is 262 g/mol. The Morgan fingerprint density at radius 2 is 2.27 bits per heavy atom. The van der Waals surface area contributed by atoms with E-state index in [2.05, 4.69) is 26.2 Å². The molecule has 0 radical (unpaired) electrons. The van der Waals surface area contributed by atoms with E-state index in [1.54, 1.807) is 23.1 Å². The van der Waals surface area contributed by atoms with Crippen LogP contribution in [0.3, 0.4) is 0 Å². The third-order valence-corrected chi connectivity index (χ3v) is 2.50. The van der Waals surface area contributed by atoms with Crippen molar-refractivity contribution in [1.29, 1.82) is 0 Å². The number of nitrogens with zero attached hydrogens (tertiary/aromatic N) is 3. The maximum atomic E-state index is 10.7. The van der Waals surface area contributed by atoms with Gasteiger partial charge >= 0.3 is 5.97 Å². The molecule has 2 rings (SSSR count). The Hall–Kier alpha value is -1.69. The second kappa shape index (κ2) is 3.82. The first-order valence-corrected chi connectivity index (χ1v) is 4.87. The number of halogens is 1. The highest BCUT2D eigenvalue weighted by Gasteiger charge is 2.08. The van der Waals surface area contributed by atoms with Gasteiger partial charge < -0.3 is 5.11 Å². The molecule has 5 nitrogen and oxygen atoms in total. The number of hydrogen-bond donors (Lipinski definition) is 1. The quantitative estimate of drug-likeness (QED) is 0.900. The minimum absolute atomic E-state index is 0.228. The monoisotopic (exact) mass is 267 g/mol. The molecule has 0 atom stereocenters. The van der Waals surface area contributed by atoms with Crippen molar-refractivity contribution < 1.29 is 9.90 Å². The van der Waals surface area contributed by atoms with Gasteiger partial charge in [-0.1, -0.05) is 5.21 Å². The molecule has 1 aromatic carbocycles. The van der Waals surface area contributed by atoms with Crippen LogP contribution in [0, 0.1) is 0 Å². The van der Waals surface area contributed by atoms with Gasteiger partial charge in [-0.15, -0.1) is 5.10 Å². The van der Waals surface area contributed by atoms with Gasteiger partial charge in [-0.25, -0.2) is 9.48 Å². The van der Waals surface area contributed by atoms with Gasteiger partial charge in [0.1, 0.15) is 0 Å². The maximum Gasteiger partial charge on any atom is 0.335 e. The molecule has 15 heavy (non-hydrogen) atoms. The fourth-order valence-electron chi connectivity index (χ4n) is 1.16. The predicted molar refractivity (Wildman–Crippen MR) is 56.0 cm³/mol. The lowest BCUT2D eigenvalue weighted by molar-refractivity contribution is 0.0697. The molecule has 0 spiro atoms. The molecule has 1 N–H and O–H groups in total. The molecule has 0 bridgehead atoms. The minimum atomic E-state index is -0.958. The predicted octanol–water partition coefficient (Wildman–Crippen LogP) is 1.73. The van der Waals surface area contributed by atoms with E-state index in [1.807, 2.05) is 0 Å². The summed E-state index contributed by atoms with van der Waals surface area (Å²) in [7, 11) is 0. The van der Waals surface area contributed by atoms with E-state index in [0.717, 1.165) is 5.69 Å². The van der Waals surface area contributed by atoms with Crippen molar-refractivity contribution >= 4 is 21.9 Å². The highest BCUT2D eigenvalue weighted by atomic mass is 79.9. The number of rotatable bonds is 2. The summed E-state index contributed by atoms with van der Waals surface area (Å²) in [5, 5.41) is 16.3. The van der Waals surface area contributed by atoms with Gasteiger partial charge in [-0.3, -0.25) is 0 Å². The van der Waals surface area contributed by atoms with Crippen LogP contribution in [0.15, 0.2) is 35.1 Å². The Morgan fingerprint density at radius 1 is 1.47 bits per heavy atom. The molecule has 0 aliphatic carbocycles. The number of benzene rings is 1. The standard InChI is InChI=1S/C9H6BrN3O2/c10-7-5-6(9(14)15)1-2-8(7)13-4-3-11-12-13/h1-5H,(H,14,15). The minimum Gasteiger partial charge on any atom is -0.478 e. The zero-order chi connectivity index (χ0) is 10.8. The van der Waals surface area contributed by atoms with Gasteiger partial charge in [0.15, 0.2) is 0 Å².